The molecule has 0 saturated heterocycles. The molecule has 1 aromatic carbocycles. The number of anilines is 1. The van der Waals surface area contributed by atoms with Gasteiger partial charge in [-0.05, 0) is 36.6 Å². The van der Waals surface area contributed by atoms with Gasteiger partial charge in [0.2, 0.25) is 10.0 Å². The van der Waals surface area contributed by atoms with Crippen LogP contribution in [0.2, 0.25) is 0 Å². The molecule has 1 aromatic rings. The summed E-state index contributed by atoms with van der Waals surface area (Å²) in [4.78, 5) is 12.1. The fraction of sp³-hybridized carbons (Fsp3) is 0.533. The standard InChI is InChI=1S/C15H23NO3S/c1-5-10-20(18,19)16-14-8-6-13(7-9-14)15(17)12(4)11(2)3/h6-9,11-12,16H,5,10H2,1-4H3. The minimum absolute atomic E-state index is 0.0439. The minimum Gasteiger partial charge on any atom is -0.294 e. The summed E-state index contributed by atoms with van der Waals surface area (Å²) in [6, 6.07) is 6.61. The molecule has 0 amide bonds. The molecule has 5 heteroatoms. The molecule has 0 saturated carbocycles. The van der Waals surface area contributed by atoms with E-state index in [0.29, 0.717) is 17.7 Å². The molecule has 1 N–H and O–H groups in total. The van der Waals surface area contributed by atoms with Crippen LogP contribution in [0.3, 0.4) is 0 Å². The third kappa shape index (κ3) is 4.63. The molecule has 0 bridgehead atoms. The number of hydrogen-bond acceptors (Lipinski definition) is 3. The normalized spacial score (nSPS) is 13.2. The minimum atomic E-state index is -3.28. The summed E-state index contributed by atoms with van der Waals surface area (Å²) in [6.07, 6.45) is 0.567. The first-order chi connectivity index (χ1) is 9.26. The molecule has 0 radical (unpaired) electrons. The lowest BCUT2D eigenvalue weighted by molar-refractivity contribution is 0.0900. The summed E-state index contributed by atoms with van der Waals surface area (Å²) < 4.78 is 25.8. The van der Waals surface area contributed by atoms with Gasteiger partial charge >= 0.3 is 0 Å². The molecule has 0 heterocycles. The number of sulfonamides is 1. The molecule has 20 heavy (non-hydrogen) atoms. The Morgan fingerprint density at radius 2 is 1.70 bits per heavy atom. The third-order valence-electron chi connectivity index (χ3n) is 3.33. The Balaban J connectivity index is 2.82. The number of carbonyl (C=O) groups excluding carboxylic acids is 1. The van der Waals surface area contributed by atoms with Crippen molar-refractivity contribution in [3.8, 4) is 0 Å². The lowest BCUT2D eigenvalue weighted by atomic mass is 9.90. The average molecular weight is 297 g/mol. The Morgan fingerprint density at radius 1 is 1.15 bits per heavy atom. The molecule has 0 spiro atoms. The van der Waals surface area contributed by atoms with E-state index in [0.717, 1.165) is 0 Å². The van der Waals surface area contributed by atoms with E-state index < -0.39 is 10.0 Å². The number of Topliss-reactive ketones (excluding diaryl/α,β-unsaturated/α-hetero) is 1. The summed E-state index contributed by atoms with van der Waals surface area (Å²) in [7, 11) is -3.28. The van der Waals surface area contributed by atoms with Gasteiger partial charge in [-0.2, -0.15) is 0 Å². The van der Waals surface area contributed by atoms with E-state index in [4.69, 9.17) is 0 Å². The first kappa shape index (κ1) is 16.7. The van der Waals surface area contributed by atoms with Crippen LogP contribution in [0.1, 0.15) is 44.5 Å². The lowest BCUT2D eigenvalue weighted by Gasteiger charge is -2.14. The SMILES string of the molecule is CCCS(=O)(=O)Nc1ccc(C(=O)C(C)C(C)C)cc1. The van der Waals surface area contributed by atoms with E-state index in [2.05, 4.69) is 4.72 Å². The lowest BCUT2D eigenvalue weighted by Crippen LogP contribution is -2.18. The van der Waals surface area contributed by atoms with Crippen molar-refractivity contribution >= 4 is 21.5 Å². The molecule has 0 aromatic heterocycles. The first-order valence-corrected chi connectivity index (χ1v) is 8.57. The van der Waals surface area contributed by atoms with Gasteiger partial charge in [0.05, 0.1) is 5.75 Å². The van der Waals surface area contributed by atoms with Crippen LogP contribution in [0.4, 0.5) is 5.69 Å². The molecular weight excluding hydrogens is 274 g/mol. The Bertz CT molecular complexity index is 547. The van der Waals surface area contributed by atoms with Crippen LogP contribution < -0.4 is 4.72 Å². The van der Waals surface area contributed by atoms with Crippen molar-refractivity contribution in [1.29, 1.82) is 0 Å². The van der Waals surface area contributed by atoms with E-state index in [1.54, 1.807) is 24.3 Å². The number of benzene rings is 1. The molecule has 0 aliphatic heterocycles. The van der Waals surface area contributed by atoms with Crippen LogP contribution >= 0.6 is 0 Å². The fourth-order valence-corrected chi connectivity index (χ4v) is 2.90. The van der Waals surface area contributed by atoms with E-state index in [-0.39, 0.29) is 23.4 Å². The van der Waals surface area contributed by atoms with E-state index in [1.165, 1.54) is 0 Å². The highest BCUT2D eigenvalue weighted by Gasteiger charge is 2.18. The van der Waals surface area contributed by atoms with Crippen LogP contribution in [0.15, 0.2) is 24.3 Å². The molecule has 0 fully saturated rings. The van der Waals surface area contributed by atoms with Crippen molar-refractivity contribution < 1.29 is 13.2 Å². The van der Waals surface area contributed by atoms with Crippen LogP contribution in [0.5, 0.6) is 0 Å². The van der Waals surface area contributed by atoms with E-state index >= 15 is 0 Å². The van der Waals surface area contributed by atoms with E-state index in [1.807, 2.05) is 27.7 Å². The number of rotatable bonds is 7. The second-order valence-electron chi connectivity index (χ2n) is 5.40. The van der Waals surface area contributed by atoms with Crippen molar-refractivity contribution in [3.05, 3.63) is 29.8 Å². The summed E-state index contributed by atoms with van der Waals surface area (Å²) in [5.41, 5.74) is 1.11. The van der Waals surface area contributed by atoms with Crippen molar-refractivity contribution in [2.75, 3.05) is 10.5 Å². The predicted octanol–water partition coefficient (Wildman–Crippen LogP) is 3.31. The quantitative estimate of drug-likeness (QED) is 0.785. The predicted molar refractivity (Wildman–Crippen MR) is 82.5 cm³/mol. The van der Waals surface area contributed by atoms with Gasteiger partial charge in [-0.1, -0.05) is 27.7 Å². The van der Waals surface area contributed by atoms with Gasteiger partial charge in [0.15, 0.2) is 5.78 Å². The zero-order valence-corrected chi connectivity index (χ0v) is 13.3. The highest BCUT2D eigenvalue weighted by Crippen LogP contribution is 2.19. The maximum absolute atomic E-state index is 12.1. The Hall–Kier alpha value is -1.36. The average Bonchev–Trinajstić information content (AvgIpc) is 2.37. The van der Waals surface area contributed by atoms with Gasteiger partial charge in [-0.25, -0.2) is 8.42 Å². The fourth-order valence-electron chi connectivity index (χ4n) is 1.77. The Labute approximate surface area is 121 Å². The third-order valence-corrected chi connectivity index (χ3v) is 4.82. The van der Waals surface area contributed by atoms with Crippen molar-refractivity contribution in [2.24, 2.45) is 11.8 Å². The van der Waals surface area contributed by atoms with Gasteiger partial charge in [0.1, 0.15) is 0 Å². The molecule has 0 aliphatic carbocycles. The zero-order chi connectivity index (χ0) is 15.3. The first-order valence-electron chi connectivity index (χ1n) is 6.91. The molecule has 1 atom stereocenters. The van der Waals surface area contributed by atoms with Crippen molar-refractivity contribution in [1.82, 2.24) is 0 Å². The number of nitrogens with one attached hydrogen (secondary N) is 1. The molecule has 112 valence electrons. The highest BCUT2D eigenvalue weighted by atomic mass is 32.2. The maximum atomic E-state index is 12.1. The van der Waals surface area contributed by atoms with Gasteiger partial charge in [0, 0.05) is 17.2 Å². The van der Waals surface area contributed by atoms with Crippen molar-refractivity contribution in [3.63, 3.8) is 0 Å². The summed E-state index contributed by atoms with van der Waals surface area (Å²) in [6.45, 7) is 7.74. The number of hydrogen-bond donors (Lipinski definition) is 1. The van der Waals surface area contributed by atoms with Gasteiger partial charge < -0.3 is 0 Å². The van der Waals surface area contributed by atoms with Crippen LogP contribution in [-0.4, -0.2) is 20.0 Å². The van der Waals surface area contributed by atoms with Gasteiger partial charge in [-0.15, -0.1) is 0 Å². The largest absolute Gasteiger partial charge is 0.294 e. The molecule has 1 unspecified atom stereocenters. The van der Waals surface area contributed by atoms with Crippen LogP contribution in [0.25, 0.3) is 0 Å². The van der Waals surface area contributed by atoms with Gasteiger partial charge in [-0.3, -0.25) is 9.52 Å². The van der Waals surface area contributed by atoms with Crippen molar-refractivity contribution in [2.45, 2.75) is 34.1 Å². The number of carbonyl (C=O) groups is 1. The maximum Gasteiger partial charge on any atom is 0.232 e. The Morgan fingerprint density at radius 3 is 2.15 bits per heavy atom. The molecule has 0 aliphatic rings. The Kier molecular flexibility index (Phi) is 5.74. The monoisotopic (exact) mass is 297 g/mol. The second-order valence-corrected chi connectivity index (χ2v) is 7.24. The van der Waals surface area contributed by atoms with E-state index in [9.17, 15) is 13.2 Å². The highest BCUT2D eigenvalue weighted by molar-refractivity contribution is 7.92. The van der Waals surface area contributed by atoms with Crippen LogP contribution in [0, 0.1) is 11.8 Å². The molecular formula is C15H23NO3S. The topological polar surface area (TPSA) is 63.2 Å². The van der Waals surface area contributed by atoms with Crippen LogP contribution in [-0.2, 0) is 10.0 Å². The number of ketones is 1. The zero-order valence-electron chi connectivity index (χ0n) is 12.5. The smallest absolute Gasteiger partial charge is 0.232 e. The summed E-state index contributed by atoms with van der Waals surface area (Å²) in [5, 5.41) is 0. The van der Waals surface area contributed by atoms with Gasteiger partial charge in [0.25, 0.3) is 0 Å². The second kappa shape index (κ2) is 6.88. The summed E-state index contributed by atoms with van der Waals surface area (Å²) in [5.74, 6) is 0.420. The molecule has 1 rings (SSSR count). The molecule has 4 nitrogen and oxygen atoms in total. The summed E-state index contributed by atoms with van der Waals surface area (Å²) >= 11 is 0.